The molecule has 0 bridgehead atoms. The lowest BCUT2D eigenvalue weighted by atomic mass is 9.81. The molecule has 4 heteroatoms. The van der Waals surface area contributed by atoms with Gasteiger partial charge in [0, 0.05) is 25.0 Å². The number of carbonyl (C=O) groups is 1. The second-order valence-corrected chi connectivity index (χ2v) is 6.92. The molecule has 1 fully saturated rings. The Labute approximate surface area is 133 Å². The van der Waals surface area contributed by atoms with Crippen LogP contribution >= 0.6 is 0 Å². The van der Waals surface area contributed by atoms with Gasteiger partial charge in [-0.15, -0.1) is 0 Å². The summed E-state index contributed by atoms with van der Waals surface area (Å²) in [7, 11) is 0. The summed E-state index contributed by atoms with van der Waals surface area (Å²) in [5, 5.41) is 12.8. The molecule has 0 aliphatic heterocycles. The average molecular weight is 304 g/mol. The molecule has 4 nitrogen and oxygen atoms in total. The zero-order chi connectivity index (χ0) is 15.9. The molecule has 0 amide bonds. The summed E-state index contributed by atoms with van der Waals surface area (Å²) in [5.74, 6) is 0.00492. The van der Waals surface area contributed by atoms with Crippen molar-refractivity contribution < 1.29 is 9.90 Å². The molecule has 1 saturated carbocycles. The van der Waals surface area contributed by atoms with E-state index in [0.29, 0.717) is 24.4 Å². The predicted molar refractivity (Wildman–Crippen MR) is 87.8 cm³/mol. The molecule has 0 saturated heterocycles. The van der Waals surface area contributed by atoms with Gasteiger partial charge >= 0.3 is 5.97 Å². The van der Waals surface area contributed by atoms with Gasteiger partial charge in [0.15, 0.2) is 0 Å². The first-order valence-electron chi connectivity index (χ1n) is 8.42. The molecule has 0 aromatic carbocycles. The number of hydrogen-bond acceptors (Lipinski definition) is 3. The van der Waals surface area contributed by atoms with E-state index in [1.807, 2.05) is 18.5 Å². The van der Waals surface area contributed by atoms with Crippen molar-refractivity contribution in [3.05, 3.63) is 30.1 Å². The van der Waals surface area contributed by atoms with Crippen LogP contribution in [0, 0.1) is 11.8 Å². The number of nitrogens with one attached hydrogen (secondary N) is 1. The van der Waals surface area contributed by atoms with E-state index in [1.54, 1.807) is 0 Å². The Morgan fingerprint density at radius 2 is 2.27 bits per heavy atom. The van der Waals surface area contributed by atoms with Gasteiger partial charge in [0.25, 0.3) is 0 Å². The maximum atomic E-state index is 11.3. The SMILES string of the molecule is CC(C)C[C@H](CN[C@H]1CCC[C@H](c2cccnc2)C1)C(=O)O. The summed E-state index contributed by atoms with van der Waals surface area (Å²) in [5.41, 5.74) is 1.31. The molecule has 122 valence electrons. The second kappa shape index (κ2) is 8.28. The highest BCUT2D eigenvalue weighted by Crippen LogP contribution is 2.32. The second-order valence-electron chi connectivity index (χ2n) is 6.92. The van der Waals surface area contributed by atoms with Crippen LogP contribution in [-0.4, -0.2) is 28.6 Å². The third-order valence-electron chi connectivity index (χ3n) is 4.59. The van der Waals surface area contributed by atoms with E-state index in [-0.39, 0.29) is 5.92 Å². The fourth-order valence-corrected chi connectivity index (χ4v) is 3.44. The quantitative estimate of drug-likeness (QED) is 0.810. The first-order valence-corrected chi connectivity index (χ1v) is 8.42. The van der Waals surface area contributed by atoms with Gasteiger partial charge in [-0.2, -0.15) is 0 Å². The van der Waals surface area contributed by atoms with Crippen LogP contribution in [0.15, 0.2) is 24.5 Å². The van der Waals surface area contributed by atoms with E-state index < -0.39 is 5.97 Å². The van der Waals surface area contributed by atoms with Crippen LogP contribution in [0.25, 0.3) is 0 Å². The van der Waals surface area contributed by atoms with E-state index in [0.717, 1.165) is 19.3 Å². The molecule has 3 atom stereocenters. The highest BCUT2D eigenvalue weighted by Gasteiger charge is 2.25. The number of nitrogens with zero attached hydrogens (tertiary/aromatic N) is 1. The van der Waals surface area contributed by atoms with Crippen LogP contribution in [-0.2, 0) is 4.79 Å². The molecular weight excluding hydrogens is 276 g/mol. The minimum atomic E-state index is -0.680. The molecule has 1 aromatic heterocycles. The van der Waals surface area contributed by atoms with E-state index in [4.69, 9.17) is 0 Å². The Kier molecular flexibility index (Phi) is 6.37. The molecule has 22 heavy (non-hydrogen) atoms. The van der Waals surface area contributed by atoms with Crippen molar-refractivity contribution in [3.63, 3.8) is 0 Å². The Balaban J connectivity index is 1.86. The monoisotopic (exact) mass is 304 g/mol. The largest absolute Gasteiger partial charge is 0.481 e. The summed E-state index contributed by atoms with van der Waals surface area (Å²) in [6, 6.07) is 4.57. The molecule has 2 N–H and O–H groups in total. The van der Waals surface area contributed by atoms with E-state index in [1.165, 1.54) is 18.4 Å². The normalized spacial score (nSPS) is 23.4. The molecule has 0 unspecified atom stereocenters. The third kappa shape index (κ3) is 5.09. The van der Waals surface area contributed by atoms with Gasteiger partial charge in [-0.1, -0.05) is 26.3 Å². The van der Waals surface area contributed by atoms with Crippen molar-refractivity contribution in [1.82, 2.24) is 10.3 Å². The topological polar surface area (TPSA) is 62.2 Å². The van der Waals surface area contributed by atoms with Gasteiger partial charge in [0.1, 0.15) is 0 Å². The number of carboxylic acids is 1. The maximum absolute atomic E-state index is 11.3. The highest BCUT2D eigenvalue weighted by atomic mass is 16.4. The van der Waals surface area contributed by atoms with Crippen LogP contribution in [0.5, 0.6) is 0 Å². The predicted octanol–water partition coefficient (Wildman–Crippen LogP) is 3.44. The number of aliphatic carboxylic acids is 1. The number of pyridine rings is 1. The minimum Gasteiger partial charge on any atom is -0.481 e. The minimum absolute atomic E-state index is 0.279. The number of hydrogen-bond donors (Lipinski definition) is 2. The van der Waals surface area contributed by atoms with Crippen molar-refractivity contribution in [1.29, 1.82) is 0 Å². The van der Waals surface area contributed by atoms with Gasteiger partial charge < -0.3 is 10.4 Å². The summed E-state index contributed by atoms with van der Waals surface area (Å²) in [6.45, 7) is 4.74. The van der Waals surface area contributed by atoms with Gasteiger partial charge in [-0.3, -0.25) is 9.78 Å². The van der Waals surface area contributed by atoms with Crippen molar-refractivity contribution >= 4 is 5.97 Å². The lowest BCUT2D eigenvalue weighted by molar-refractivity contribution is -0.142. The van der Waals surface area contributed by atoms with Crippen molar-refractivity contribution in [2.45, 2.75) is 57.9 Å². The van der Waals surface area contributed by atoms with Crippen molar-refractivity contribution in [2.24, 2.45) is 11.8 Å². The molecule has 1 aliphatic carbocycles. The highest BCUT2D eigenvalue weighted by molar-refractivity contribution is 5.70. The van der Waals surface area contributed by atoms with E-state index in [2.05, 4.69) is 30.2 Å². The summed E-state index contributed by atoms with van der Waals surface area (Å²) >= 11 is 0. The maximum Gasteiger partial charge on any atom is 0.307 e. The standard InChI is InChI=1S/C18H28N2O2/c1-13(2)9-16(18(21)22)12-20-17-7-3-5-14(10-17)15-6-4-8-19-11-15/h4,6,8,11,13-14,16-17,20H,3,5,7,9-10,12H2,1-2H3,(H,21,22)/t14-,16+,17-/m0/s1. The lowest BCUT2D eigenvalue weighted by Crippen LogP contribution is -2.39. The van der Waals surface area contributed by atoms with E-state index >= 15 is 0 Å². The fraction of sp³-hybridized carbons (Fsp3) is 0.667. The van der Waals surface area contributed by atoms with Crippen LogP contribution in [0.1, 0.15) is 57.4 Å². The molecule has 1 aliphatic rings. The van der Waals surface area contributed by atoms with Crippen LogP contribution in [0.3, 0.4) is 0 Å². The lowest BCUT2D eigenvalue weighted by Gasteiger charge is -2.31. The molecule has 1 aromatic rings. The number of aromatic nitrogens is 1. The summed E-state index contributed by atoms with van der Waals surface area (Å²) in [6.07, 6.45) is 9.14. The van der Waals surface area contributed by atoms with Crippen molar-refractivity contribution in [2.75, 3.05) is 6.54 Å². The first-order chi connectivity index (χ1) is 10.6. The van der Waals surface area contributed by atoms with Gasteiger partial charge in [-0.25, -0.2) is 0 Å². The smallest absolute Gasteiger partial charge is 0.307 e. The number of carboxylic acid groups (broad SMARTS) is 1. The molecule has 0 spiro atoms. The zero-order valence-electron chi connectivity index (χ0n) is 13.7. The van der Waals surface area contributed by atoms with Crippen LogP contribution in [0.4, 0.5) is 0 Å². The van der Waals surface area contributed by atoms with Gasteiger partial charge in [0.2, 0.25) is 0 Å². The Bertz CT molecular complexity index is 461. The Hall–Kier alpha value is -1.42. The van der Waals surface area contributed by atoms with Crippen molar-refractivity contribution in [3.8, 4) is 0 Å². The third-order valence-corrected chi connectivity index (χ3v) is 4.59. The van der Waals surface area contributed by atoms with Crippen LogP contribution in [0.2, 0.25) is 0 Å². The molecule has 2 rings (SSSR count). The zero-order valence-corrected chi connectivity index (χ0v) is 13.7. The van der Waals surface area contributed by atoms with Gasteiger partial charge in [0.05, 0.1) is 5.92 Å². The molecule has 0 radical (unpaired) electrons. The Morgan fingerprint density at radius 1 is 1.45 bits per heavy atom. The van der Waals surface area contributed by atoms with Crippen LogP contribution < -0.4 is 5.32 Å². The van der Waals surface area contributed by atoms with E-state index in [9.17, 15) is 9.90 Å². The average Bonchev–Trinajstić information content (AvgIpc) is 2.52. The summed E-state index contributed by atoms with van der Waals surface area (Å²) in [4.78, 5) is 15.6. The Morgan fingerprint density at radius 3 is 2.91 bits per heavy atom. The molecule has 1 heterocycles. The number of rotatable bonds is 7. The van der Waals surface area contributed by atoms with Gasteiger partial charge in [-0.05, 0) is 49.1 Å². The fourth-order valence-electron chi connectivity index (χ4n) is 3.44. The molecular formula is C18H28N2O2. The summed E-state index contributed by atoms with van der Waals surface area (Å²) < 4.78 is 0. The first kappa shape index (κ1) is 16.9.